The SMILES string of the molecule is COc1cc2cc(c1Cl)N(C)C(=O)CC(OC(=O)C(C)N(C)C(=O)NC(CCSC)C(=O)O)C1(C)OC1C(C)C1CC(O)(NC(=O)O1)C(OC)C=CC=C(C)C2. The quantitative estimate of drug-likeness (QED) is 0.196. The van der Waals surface area contributed by atoms with E-state index >= 15 is 0 Å². The van der Waals surface area contributed by atoms with E-state index in [2.05, 4.69) is 10.6 Å². The van der Waals surface area contributed by atoms with E-state index < -0.39 is 90.1 Å². The summed E-state index contributed by atoms with van der Waals surface area (Å²) < 4.78 is 29.1. The molecule has 1 aromatic rings. The third-order valence-corrected chi connectivity index (χ3v) is 11.7. The van der Waals surface area contributed by atoms with Gasteiger partial charge in [0.15, 0.2) is 5.72 Å². The number of benzene rings is 1. The molecule has 3 aliphatic heterocycles. The first-order chi connectivity index (χ1) is 26.3. The third kappa shape index (κ3) is 10.1. The van der Waals surface area contributed by atoms with Crippen LogP contribution >= 0.6 is 23.4 Å². The van der Waals surface area contributed by atoms with Crippen LogP contribution in [0.25, 0.3) is 0 Å². The fraction of sp³-hybridized carbons (Fsp3) is 0.605. The van der Waals surface area contributed by atoms with Crippen LogP contribution in [-0.2, 0) is 39.8 Å². The Bertz CT molecular complexity index is 1730. The van der Waals surface area contributed by atoms with Gasteiger partial charge >= 0.3 is 24.1 Å². The largest absolute Gasteiger partial charge is 0.495 e. The highest BCUT2D eigenvalue weighted by molar-refractivity contribution is 7.98. The Labute approximate surface area is 336 Å². The van der Waals surface area contributed by atoms with E-state index in [0.717, 1.165) is 16.0 Å². The summed E-state index contributed by atoms with van der Waals surface area (Å²) in [4.78, 5) is 68.1. The molecule has 4 bridgehead atoms. The number of ether oxygens (including phenoxy) is 5. The number of nitrogens with zero attached hydrogens (tertiary/aromatic N) is 2. The molecule has 9 atom stereocenters. The summed E-state index contributed by atoms with van der Waals surface area (Å²) >= 11 is 8.18. The maximum absolute atomic E-state index is 14.2. The van der Waals surface area contributed by atoms with Crippen LogP contribution in [0.1, 0.15) is 52.5 Å². The Morgan fingerprint density at radius 2 is 1.95 bits per heavy atom. The zero-order chi connectivity index (χ0) is 41.7. The number of carboxylic acids is 1. The first kappa shape index (κ1) is 44.7. The average molecular weight is 825 g/mol. The van der Waals surface area contributed by atoms with Crippen LogP contribution in [0.4, 0.5) is 15.3 Å². The van der Waals surface area contributed by atoms with Crippen molar-refractivity contribution in [3.63, 3.8) is 0 Å². The lowest BCUT2D eigenvalue weighted by Crippen LogP contribution is -2.63. The van der Waals surface area contributed by atoms with Gasteiger partial charge in [-0.3, -0.25) is 10.1 Å². The van der Waals surface area contributed by atoms with Gasteiger partial charge < -0.3 is 49.0 Å². The number of rotatable bonds is 10. The minimum absolute atomic E-state index is 0.0944. The molecule has 0 spiro atoms. The number of urea groups is 1. The fourth-order valence-electron chi connectivity index (χ4n) is 6.92. The minimum atomic E-state index is -1.87. The number of alkyl carbamates (subject to hydrolysis) is 1. The van der Waals surface area contributed by atoms with Crippen LogP contribution in [0.5, 0.6) is 5.75 Å². The zero-order valence-corrected chi connectivity index (χ0v) is 34.7. The van der Waals surface area contributed by atoms with Gasteiger partial charge in [0, 0.05) is 33.5 Å². The number of hydrogen-bond donors (Lipinski definition) is 4. The maximum Gasteiger partial charge on any atom is 0.409 e. The molecule has 0 saturated carbocycles. The summed E-state index contributed by atoms with van der Waals surface area (Å²) in [6, 6.07) is 0.310. The summed E-state index contributed by atoms with van der Waals surface area (Å²) in [6.45, 7) is 6.73. The number of carbonyl (C=O) groups excluding carboxylic acids is 4. The highest BCUT2D eigenvalue weighted by Gasteiger charge is 2.64. The second kappa shape index (κ2) is 18.5. The number of carboxylic acid groups (broad SMARTS) is 1. The van der Waals surface area contributed by atoms with E-state index in [0.29, 0.717) is 23.6 Å². The number of epoxide rings is 1. The molecule has 310 valence electrons. The molecule has 9 unspecified atom stereocenters. The molecule has 1 aromatic carbocycles. The fourth-order valence-corrected chi connectivity index (χ4v) is 7.71. The molecule has 2 saturated heterocycles. The minimum Gasteiger partial charge on any atom is -0.495 e. The molecule has 4 amide bonds. The van der Waals surface area contributed by atoms with E-state index in [1.165, 1.54) is 51.9 Å². The summed E-state index contributed by atoms with van der Waals surface area (Å²) in [5.74, 6) is -2.37. The summed E-state index contributed by atoms with van der Waals surface area (Å²) in [5, 5.41) is 26.5. The number of carbonyl (C=O) groups is 5. The number of fused-ring (bicyclic) bond motifs is 5. The predicted molar refractivity (Wildman–Crippen MR) is 209 cm³/mol. The first-order valence-electron chi connectivity index (χ1n) is 18.1. The van der Waals surface area contributed by atoms with Gasteiger partial charge in [-0.05, 0) is 63.3 Å². The number of amides is 4. The zero-order valence-electron chi connectivity index (χ0n) is 33.1. The molecule has 16 nitrogen and oxygen atoms in total. The Kier molecular flexibility index (Phi) is 14.8. The van der Waals surface area contributed by atoms with Crippen molar-refractivity contribution in [3.05, 3.63) is 46.5 Å². The van der Waals surface area contributed by atoms with Gasteiger partial charge in [-0.25, -0.2) is 19.2 Å². The number of halogens is 1. The van der Waals surface area contributed by atoms with E-state index in [4.69, 9.17) is 35.3 Å². The lowest BCUT2D eigenvalue weighted by molar-refractivity contribution is -0.158. The second-order valence-corrected chi connectivity index (χ2v) is 16.0. The van der Waals surface area contributed by atoms with E-state index in [9.17, 15) is 34.2 Å². The van der Waals surface area contributed by atoms with E-state index in [1.54, 1.807) is 38.1 Å². The van der Waals surface area contributed by atoms with Crippen molar-refractivity contribution in [1.29, 1.82) is 0 Å². The van der Waals surface area contributed by atoms with Gasteiger partial charge in [-0.1, -0.05) is 42.3 Å². The normalized spacial score (nSPS) is 29.1. The molecule has 0 aliphatic carbocycles. The molecule has 3 heterocycles. The molecule has 4 rings (SSSR count). The Morgan fingerprint density at radius 3 is 2.57 bits per heavy atom. The van der Waals surface area contributed by atoms with Gasteiger partial charge in [0.25, 0.3) is 0 Å². The number of esters is 1. The number of allylic oxidation sites excluding steroid dienone is 3. The lowest BCUT2D eigenvalue weighted by atomic mass is 9.83. The van der Waals surface area contributed by atoms with Crippen molar-refractivity contribution in [3.8, 4) is 5.75 Å². The van der Waals surface area contributed by atoms with Crippen molar-refractivity contribution >= 4 is 59.0 Å². The smallest absolute Gasteiger partial charge is 0.409 e. The number of aliphatic hydroxyl groups is 1. The van der Waals surface area contributed by atoms with Crippen molar-refractivity contribution < 1.29 is 57.9 Å². The van der Waals surface area contributed by atoms with E-state index in [-0.39, 0.29) is 17.9 Å². The maximum atomic E-state index is 14.2. The van der Waals surface area contributed by atoms with Crippen LogP contribution in [0.2, 0.25) is 5.02 Å². The Morgan fingerprint density at radius 1 is 1.25 bits per heavy atom. The van der Waals surface area contributed by atoms with Gasteiger partial charge in [0.2, 0.25) is 5.91 Å². The van der Waals surface area contributed by atoms with Gasteiger partial charge in [-0.15, -0.1) is 0 Å². The van der Waals surface area contributed by atoms with Crippen LogP contribution in [0, 0.1) is 5.92 Å². The van der Waals surface area contributed by atoms with E-state index in [1.807, 2.05) is 19.3 Å². The second-order valence-electron chi connectivity index (χ2n) is 14.6. The number of thioether (sulfide) groups is 1. The van der Waals surface area contributed by atoms with Crippen molar-refractivity contribution in [2.45, 2.75) is 101 Å². The number of nitrogens with one attached hydrogen (secondary N) is 2. The summed E-state index contributed by atoms with van der Waals surface area (Å²) in [6.07, 6.45) is 2.38. The predicted octanol–water partition coefficient (Wildman–Crippen LogP) is 3.90. The monoisotopic (exact) mass is 824 g/mol. The molecule has 0 radical (unpaired) electrons. The Hall–Kier alpha value is -4.03. The highest BCUT2D eigenvalue weighted by Crippen LogP contribution is 2.49. The Balaban J connectivity index is 1.72. The van der Waals surface area contributed by atoms with Crippen LogP contribution in [0.15, 0.2) is 35.9 Å². The van der Waals surface area contributed by atoms with Crippen LogP contribution in [0.3, 0.4) is 0 Å². The molecule has 18 heteroatoms. The van der Waals surface area contributed by atoms with Crippen molar-refractivity contribution in [2.75, 3.05) is 45.2 Å². The topological polar surface area (TPSA) is 206 Å². The molecule has 56 heavy (non-hydrogen) atoms. The number of hydrogen-bond acceptors (Lipinski definition) is 12. The van der Waals surface area contributed by atoms with Crippen molar-refractivity contribution in [2.24, 2.45) is 5.92 Å². The summed E-state index contributed by atoms with van der Waals surface area (Å²) in [5.41, 5.74) is -1.16. The molecule has 2 fully saturated rings. The van der Waals surface area contributed by atoms with Crippen LogP contribution < -0.4 is 20.3 Å². The average Bonchev–Trinajstić information content (AvgIpc) is 3.84. The molecule has 0 aromatic heterocycles. The number of methoxy groups -OCH3 is 2. The van der Waals surface area contributed by atoms with Gasteiger partial charge in [0.1, 0.15) is 46.8 Å². The number of aliphatic carboxylic acids is 1. The molecule has 4 N–H and O–H groups in total. The van der Waals surface area contributed by atoms with Gasteiger partial charge in [-0.2, -0.15) is 11.8 Å². The highest BCUT2D eigenvalue weighted by atomic mass is 35.5. The summed E-state index contributed by atoms with van der Waals surface area (Å²) in [7, 11) is 5.73. The first-order valence-corrected chi connectivity index (χ1v) is 19.9. The molecule has 3 aliphatic rings. The molecular formula is C38H53ClN4O12S. The van der Waals surface area contributed by atoms with Gasteiger partial charge in [0.05, 0.1) is 25.3 Å². The van der Waals surface area contributed by atoms with Crippen LogP contribution in [-0.4, -0.2) is 133 Å². The van der Waals surface area contributed by atoms with Crippen molar-refractivity contribution in [1.82, 2.24) is 15.5 Å². The molecular weight excluding hydrogens is 772 g/mol. The number of anilines is 1. The standard InChI is InChI=1S/C38H53ClN4O12S/c1-20-11-10-12-28(52-8)38(50)19-27(53-36(49)41-38)21(2)32-37(4,55-32)29(18-30(44)43(6)25-16-23(15-20)17-26(51-7)31(25)39)54-34(47)22(3)42(5)35(48)40-24(33(45)46)13-14-56-9/h10-12,16-17,21-22,24,27-29,32,50H,13-15,18-19H2,1-9H3,(H,40,48)(H,41,49)(H,45,46). The number of likely N-dealkylation sites (N-methyl/N-ethyl adjacent to an activating group) is 1. The lowest BCUT2D eigenvalue weighted by Gasteiger charge is -2.42. The third-order valence-electron chi connectivity index (χ3n) is 10.7.